The monoisotopic (exact) mass is 255 g/mol. The van der Waals surface area contributed by atoms with Crippen molar-refractivity contribution in [1.82, 2.24) is 4.98 Å². The van der Waals surface area contributed by atoms with E-state index in [-0.39, 0.29) is 0 Å². The first-order valence-corrected chi connectivity index (χ1v) is 6.06. The van der Waals surface area contributed by atoms with Crippen LogP contribution in [0.4, 0.5) is 0 Å². The summed E-state index contributed by atoms with van der Waals surface area (Å²) >= 11 is 0. The van der Waals surface area contributed by atoms with Crippen molar-refractivity contribution in [3.8, 4) is 18.1 Å². The molecule has 2 rings (SSSR count). The highest BCUT2D eigenvalue weighted by Gasteiger charge is 2.18. The van der Waals surface area contributed by atoms with Crippen LogP contribution in [0.3, 0.4) is 0 Å². The van der Waals surface area contributed by atoms with Crippen molar-refractivity contribution < 1.29 is 9.47 Å². The van der Waals surface area contributed by atoms with E-state index in [4.69, 9.17) is 15.9 Å². The molecule has 3 nitrogen and oxygen atoms in total. The summed E-state index contributed by atoms with van der Waals surface area (Å²) in [5.41, 5.74) is 2.74. The Morgan fingerprint density at radius 2 is 2.00 bits per heavy atom. The first-order chi connectivity index (χ1) is 8.95. The molecule has 1 aromatic carbocycles. The van der Waals surface area contributed by atoms with Crippen LogP contribution in [0.25, 0.3) is 10.9 Å². The summed E-state index contributed by atoms with van der Waals surface area (Å²) in [5, 5.41) is 0.970. The number of methoxy groups -OCH3 is 1. The van der Waals surface area contributed by atoms with Crippen molar-refractivity contribution in [1.29, 1.82) is 0 Å². The molecule has 98 valence electrons. The standard InChI is InChI=1S/C16H17NO2/c1-6-12-8-13-9-14(19-16(3,4)18-5)7-11(2)15(13)17-10-12/h1,7-10H,2-5H3. The molecule has 0 fully saturated rings. The summed E-state index contributed by atoms with van der Waals surface area (Å²) < 4.78 is 11.1. The third-order valence-corrected chi connectivity index (χ3v) is 2.97. The normalized spacial score (nSPS) is 11.3. The molecule has 0 amide bonds. The number of aromatic nitrogens is 1. The maximum atomic E-state index is 5.81. The summed E-state index contributed by atoms with van der Waals surface area (Å²) in [6.45, 7) is 5.73. The number of pyridine rings is 1. The minimum absolute atomic E-state index is 0.669. The fraction of sp³-hybridized carbons (Fsp3) is 0.312. The first kappa shape index (κ1) is 13.4. The quantitative estimate of drug-likeness (QED) is 0.623. The summed E-state index contributed by atoms with van der Waals surface area (Å²) in [7, 11) is 1.62. The lowest BCUT2D eigenvalue weighted by Crippen LogP contribution is -2.30. The lowest BCUT2D eigenvalue weighted by atomic mass is 10.1. The number of rotatable bonds is 3. The van der Waals surface area contributed by atoms with Gasteiger partial charge < -0.3 is 9.47 Å². The van der Waals surface area contributed by atoms with E-state index in [1.165, 1.54) is 0 Å². The van der Waals surface area contributed by atoms with E-state index < -0.39 is 5.79 Å². The Balaban J connectivity index is 2.51. The van der Waals surface area contributed by atoms with Gasteiger partial charge in [0.2, 0.25) is 5.79 Å². The molecule has 0 atom stereocenters. The number of hydrogen-bond acceptors (Lipinski definition) is 3. The fourth-order valence-corrected chi connectivity index (χ4v) is 1.86. The molecule has 2 aromatic rings. The Morgan fingerprint density at radius 1 is 1.26 bits per heavy atom. The van der Waals surface area contributed by atoms with Crippen molar-refractivity contribution in [3.63, 3.8) is 0 Å². The van der Waals surface area contributed by atoms with E-state index in [2.05, 4.69) is 10.9 Å². The predicted octanol–water partition coefficient (Wildman–Crippen LogP) is 3.29. The Kier molecular flexibility index (Phi) is 3.46. The van der Waals surface area contributed by atoms with Gasteiger partial charge in [-0.2, -0.15) is 0 Å². The molecular formula is C16H17NO2. The molecular weight excluding hydrogens is 238 g/mol. The smallest absolute Gasteiger partial charge is 0.204 e. The van der Waals surface area contributed by atoms with Crippen LogP contribution in [0.5, 0.6) is 5.75 Å². The summed E-state index contributed by atoms with van der Waals surface area (Å²) in [6, 6.07) is 5.81. The Bertz CT molecular complexity index is 654. The number of aryl methyl sites for hydroxylation is 1. The molecule has 0 aliphatic carbocycles. The van der Waals surface area contributed by atoms with Gasteiger partial charge in [-0.05, 0) is 30.7 Å². The van der Waals surface area contributed by atoms with Gasteiger partial charge in [0.05, 0.1) is 5.52 Å². The highest BCUT2D eigenvalue weighted by Crippen LogP contribution is 2.27. The van der Waals surface area contributed by atoms with Crippen LogP contribution in [0.1, 0.15) is 25.0 Å². The van der Waals surface area contributed by atoms with Crippen LogP contribution >= 0.6 is 0 Å². The predicted molar refractivity (Wildman–Crippen MR) is 76.1 cm³/mol. The third-order valence-electron chi connectivity index (χ3n) is 2.97. The zero-order valence-electron chi connectivity index (χ0n) is 11.7. The van der Waals surface area contributed by atoms with E-state index >= 15 is 0 Å². The van der Waals surface area contributed by atoms with E-state index in [9.17, 15) is 0 Å². The van der Waals surface area contributed by atoms with Gasteiger partial charge in [-0.1, -0.05) is 5.92 Å². The van der Waals surface area contributed by atoms with Gasteiger partial charge in [0, 0.05) is 38.1 Å². The van der Waals surface area contributed by atoms with Gasteiger partial charge in [0.15, 0.2) is 0 Å². The van der Waals surface area contributed by atoms with Gasteiger partial charge in [-0.25, -0.2) is 0 Å². The Labute approximate surface area is 113 Å². The van der Waals surface area contributed by atoms with Crippen LogP contribution < -0.4 is 4.74 Å². The second-order valence-corrected chi connectivity index (χ2v) is 4.89. The van der Waals surface area contributed by atoms with Crippen molar-refractivity contribution in [2.45, 2.75) is 26.6 Å². The van der Waals surface area contributed by atoms with Gasteiger partial charge >= 0.3 is 0 Å². The SMILES string of the molecule is C#Cc1cnc2c(C)cc(OC(C)(C)OC)cc2c1. The summed E-state index contributed by atoms with van der Waals surface area (Å²) in [6.07, 6.45) is 7.10. The fourth-order valence-electron chi connectivity index (χ4n) is 1.86. The second kappa shape index (κ2) is 4.91. The van der Waals surface area contributed by atoms with Crippen LogP contribution in [-0.4, -0.2) is 17.9 Å². The lowest BCUT2D eigenvalue weighted by molar-refractivity contribution is -0.134. The molecule has 0 bridgehead atoms. The number of nitrogens with zero attached hydrogens (tertiary/aromatic N) is 1. The van der Waals surface area contributed by atoms with E-state index in [1.807, 2.05) is 39.0 Å². The Hall–Kier alpha value is -2.05. The number of benzene rings is 1. The molecule has 3 heteroatoms. The van der Waals surface area contributed by atoms with E-state index in [1.54, 1.807) is 13.3 Å². The Morgan fingerprint density at radius 3 is 2.63 bits per heavy atom. The van der Waals surface area contributed by atoms with Crippen molar-refractivity contribution in [2.75, 3.05) is 7.11 Å². The molecule has 0 aliphatic heterocycles. The largest absolute Gasteiger partial charge is 0.463 e. The first-order valence-electron chi connectivity index (χ1n) is 6.06. The molecule has 0 unspecified atom stereocenters. The molecule has 0 spiro atoms. The van der Waals surface area contributed by atoms with Crippen molar-refractivity contribution >= 4 is 10.9 Å². The molecule has 0 radical (unpaired) electrons. The van der Waals surface area contributed by atoms with Gasteiger partial charge in [0.25, 0.3) is 0 Å². The lowest BCUT2D eigenvalue weighted by Gasteiger charge is -2.25. The number of ether oxygens (including phenoxy) is 2. The van der Waals surface area contributed by atoms with Crippen LogP contribution in [0.15, 0.2) is 24.4 Å². The molecule has 1 aromatic heterocycles. The number of fused-ring (bicyclic) bond motifs is 1. The molecule has 0 N–H and O–H groups in total. The maximum Gasteiger partial charge on any atom is 0.204 e. The average molecular weight is 255 g/mol. The molecule has 0 saturated carbocycles. The minimum atomic E-state index is -0.669. The van der Waals surface area contributed by atoms with Crippen LogP contribution in [-0.2, 0) is 4.74 Å². The number of terminal acetylenes is 1. The summed E-state index contributed by atoms with van der Waals surface area (Å²) in [5.74, 6) is 2.66. The van der Waals surface area contributed by atoms with E-state index in [0.717, 1.165) is 27.8 Å². The number of hydrogen-bond donors (Lipinski definition) is 0. The topological polar surface area (TPSA) is 31.4 Å². The second-order valence-electron chi connectivity index (χ2n) is 4.89. The minimum Gasteiger partial charge on any atom is -0.463 e. The average Bonchev–Trinajstić information content (AvgIpc) is 2.37. The molecule has 0 aliphatic rings. The molecule has 1 heterocycles. The molecule has 19 heavy (non-hydrogen) atoms. The van der Waals surface area contributed by atoms with Gasteiger partial charge in [0.1, 0.15) is 5.75 Å². The molecule has 0 saturated heterocycles. The van der Waals surface area contributed by atoms with Gasteiger partial charge in [-0.3, -0.25) is 4.98 Å². The zero-order chi connectivity index (χ0) is 14.0. The summed E-state index contributed by atoms with van der Waals surface area (Å²) in [4.78, 5) is 4.38. The van der Waals surface area contributed by atoms with Crippen molar-refractivity contribution in [2.24, 2.45) is 0 Å². The van der Waals surface area contributed by atoms with Crippen LogP contribution in [0.2, 0.25) is 0 Å². The highest BCUT2D eigenvalue weighted by molar-refractivity contribution is 5.84. The van der Waals surface area contributed by atoms with Crippen LogP contribution in [0, 0.1) is 19.3 Å². The maximum absolute atomic E-state index is 5.81. The third kappa shape index (κ3) is 2.86. The van der Waals surface area contributed by atoms with Gasteiger partial charge in [-0.15, -0.1) is 6.42 Å². The zero-order valence-corrected chi connectivity index (χ0v) is 11.7. The van der Waals surface area contributed by atoms with Crippen molar-refractivity contribution in [3.05, 3.63) is 35.5 Å². The van der Waals surface area contributed by atoms with E-state index in [0.29, 0.717) is 0 Å². The highest BCUT2D eigenvalue weighted by atomic mass is 16.7.